The average molecular weight is 345 g/mol. The van der Waals surface area contributed by atoms with Crippen LogP contribution in [0, 0.1) is 0 Å². The van der Waals surface area contributed by atoms with Crippen LogP contribution in [0.5, 0.6) is 0 Å². The van der Waals surface area contributed by atoms with Gasteiger partial charge in [-0.25, -0.2) is 4.98 Å². The lowest BCUT2D eigenvalue weighted by Crippen LogP contribution is -2.29. The minimum atomic E-state index is -0.809. The maximum Gasteiger partial charge on any atom is 0.269 e. The Hall–Kier alpha value is -2.21. The van der Waals surface area contributed by atoms with Gasteiger partial charge in [-0.15, -0.1) is 0 Å². The van der Waals surface area contributed by atoms with Gasteiger partial charge in [0.2, 0.25) is 0 Å². The Labute approximate surface area is 144 Å². The highest BCUT2D eigenvalue weighted by Gasteiger charge is 2.10. The summed E-state index contributed by atoms with van der Waals surface area (Å²) < 4.78 is 7.03. The zero-order chi connectivity index (χ0) is 16.9. The van der Waals surface area contributed by atoms with Gasteiger partial charge in [-0.1, -0.05) is 41.9 Å². The first-order valence-electron chi connectivity index (χ1n) is 7.59. The van der Waals surface area contributed by atoms with E-state index >= 15 is 0 Å². The van der Waals surface area contributed by atoms with E-state index in [4.69, 9.17) is 16.3 Å². The number of ether oxygens (including phenoxy) is 1. The Kier molecular flexibility index (Phi) is 5.25. The van der Waals surface area contributed by atoms with Crippen molar-refractivity contribution in [3.05, 3.63) is 75.7 Å². The Bertz CT molecular complexity index is 895. The number of nitrogens with zero attached hydrogens (tertiary/aromatic N) is 2. The molecule has 0 aliphatic carbocycles. The summed E-state index contributed by atoms with van der Waals surface area (Å²) in [5.74, 6) is 0. The Balaban J connectivity index is 1.65. The number of fused-ring (bicyclic) bond motifs is 1. The van der Waals surface area contributed by atoms with Crippen molar-refractivity contribution in [1.29, 1.82) is 0 Å². The first-order valence-corrected chi connectivity index (χ1v) is 7.97. The van der Waals surface area contributed by atoms with Crippen molar-refractivity contribution in [3.63, 3.8) is 0 Å². The summed E-state index contributed by atoms with van der Waals surface area (Å²) in [6.45, 7) is 0.557. The minimum absolute atomic E-state index is 0.105. The molecule has 6 heteroatoms. The second-order valence-electron chi connectivity index (χ2n) is 5.46. The van der Waals surface area contributed by atoms with Crippen LogP contribution in [-0.2, 0) is 17.9 Å². The van der Waals surface area contributed by atoms with Crippen molar-refractivity contribution < 1.29 is 9.84 Å². The molecule has 0 saturated carbocycles. The Morgan fingerprint density at radius 1 is 1.17 bits per heavy atom. The van der Waals surface area contributed by atoms with Crippen LogP contribution in [0.1, 0.15) is 5.56 Å². The highest BCUT2D eigenvalue weighted by Crippen LogP contribution is 2.16. The molecule has 24 heavy (non-hydrogen) atoms. The molecular weight excluding hydrogens is 328 g/mol. The lowest BCUT2D eigenvalue weighted by atomic mass is 10.2. The highest BCUT2D eigenvalue weighted by molar-refractivity contribution is 6.31. The molecule has 2 aromatic carbocycles. The summed E-state index contributed by atoms with van der Waals surface area (Å²) in [4.78, 5) is 16.1. The predicted molar refractivity (Wildman–Crippen MR) is 93.1 cm³/mol. The molecule has 0 aliphatic rings. The highest BCUT2D eigenvalue weighted by atomic mass is 35.5. The van der Waals surface area contributed by atoms with Gasteiger partial charge in [-0.3, -0.25) is 4.79 Å². The maximum atomic E-state index is 12.0. The molecule has 1 atom stereocenters. The molecule has 1 heterocycles. The predicted octanol–water partition coefficient (Wildman–Crippen LogP) is 2.63. The first kappa shape index (κ1) is 16.6. The molecule has 0 unspecified atom stereocenters. The third-order valence-electron chi connectivity index (χ3n) is 3.67. The van der Waals surface area contributed by atoms with Crippen molar-refractivity contribution in [1.82, 2.24) is 9.55 Å². The number of rotatable bonds is 6. The molecule has 1 N–H and O–H groups in total. The van der Waals surface area contributed by atoms with Gasteiger partial charge in [0, 0.05) is 5.02 Å². The molecule has 3 rings (SSSR count). The van der Waals surface area contributed by atoms with E-state index in [2.05, 4.69) is 4.98 Å². The number of hydrogen-bond donors (Lipinski definition) is 1. The molecule has 0 fully saturated rings. The summed E-state index contributed by atoms with van der Waals surface area (Å²) in [6, 6.07) is 14.7. The summed E-state index contributed by atoms with van der Waals surface area (Å²) >= 11 is 6.06. The van der Waals surface area contributed by atoms with Crippen LogP contribution in [0.25, 0.3) is 11.0 Å². The van der Waals surface area contributed by atoms with Gasteiger partial charge in [0.15, 0.2) is 0 Å². The summed E-state index contributed by atoms with van der Waals surface area (Å²) in [7, 11) is 0. The normalized spacial score (nSPS) is 12.4. The molecule has 3 aromatic rings. The van der Waals surface area contributed by atoms with Crippen LogP contribution in [0.3, 0.4) is 0 Å². The monoisotopic (exact) mass is 344 g/mol. The van der Waals surface area contributed by atoms with Crippen LogP contribution in [0.4, 0.5) is 0 Å². The molecular formula is C18H17ClN2O3. The van der Waals surface area contributed by atoms with Gasteiger partial charge in [0.1, 0.15) is 0 Å². The molecule has 1 aromatic heterocycles. The van der Waals surface area contributed by atoms with E-state index in [0.29, 0.717) is 22.7 Å². The van der Waals surface area contributed by atoms with Gasteiger partial charge in [0.05, 0.1) is 43.1 Å². The molecule has 124 valence electrons. The van der Waals surface area contributed by atoms with Crippen LogP contribution >= 0.6 is 11.6 Å². The molecule has 5 nitrogen and oxygen atoms in total. The fraction of sp³-hybridized carbons (Fsp3) is 0.222. The van der Waals surface area contributed by atoms with E-state index in [-0.39, 0.29) is 18.7 Å². The number of benzene rings is 2. The third kappa shape index (κ3) is 3.82. The molecule has 0 amide bonds. The topological polar surface area (TPSA) is 64.4 Å². The second kappa shape index (κ2) is 7.57. The molecule has 0 spiro atoms. The van der Waals surface area contributed by atoms with Gasteiger partial charge >= 0.3 is 0 Å². The van der Waals surface area contributed by atoms with E-state index in [1.807, 2.05) is 36.4 Å². The van der Waals surface area contributed by atoms with Gasteiger partial charge in [-0.05, 0) is 23.8 Å². The number of aliphatic hydroxyl groups is 1. The van der Waals surface area contributed by atoms with Crippen molar-refractivity contribution in [2.45, 2.75) is 19.3 Å². The molecule has 0 aliphatic heterocycles. The zero-order valence-electron chi connectivity index (χ0n) is 12.9. The number of aromatic nitrogens is 2. The van der Waals surface area contributed by atoms with Crippen LogP contribution in [-0.4, -0.2) is 27.4 Å². The summed E-state index contributed by atoms with van der Waals surface area (Å²) in [5, 5.41) is 10.8. The lowest BCUT2D eigenvalue weighted by molar-refractivity contribution is 0.0205. The van der Waals surface area contributed by atoms with E-state index in [1.165, 1.54) is 10.8 Å². The van der Waals surface area contributed by atoms with Crippen LogP contribution in [0.2, 0.25) is 5.02 Å². The quantitative estimate of drug-likeness (QED) is 0.746. The van der Waals surface area contributed by atoms with Crippen molar-refractivity contribution in [3.8, 4) is 0 Å². The average Bonchev–Trinajstić information content (AvgIpc) is 2.59. The third-order valence-corrected chi connectivity index (χ3v) is 4.04. The van der Waals surface area contributed by atoms with Crippen LogP contribution < -0.4 is 5.56 Å². The summed E-state index contributed by atoms with van der Waals surface area (Å²) in [6.07, 6.45) is 0.454. The standard InChI is InChI=1S/C18H17ClN2O3/c19-15-6-2-1-5-13(15)11-24-12-14(22)10-21-17-8-4-3-7-16(17)20-9-18(21)23/h1-9,14,22H,10-12H2/t14-/m0/s1. The Morgan fingerprint density at radius 3 is 2.75 bits per heavy atom. The van der Waals surface area contributed by atoms with Gasteiger partial charge in [-0.2, -0.15) is 0 Å². The SMILES string of the molecule is O=c1cnc2ccccc2n1C[C@H](O)COCc1ccccc1Cl. The molecule has 0 saturated heterocycles. The second-order valence-corrected chi connectivity index (χ2v) is 5.86. The van der Waals surface area contributed by atoms with Crippen LogP contribution in [0.15, 0.2) is 59.5 Å². The number of aliphatic hydroxyl groups excluding tert-OH is 1. The van der Waals surface area contributed by atoms with E-state index in [0.717, 1.165) is 5.56 Å². The molecule has 0 bridgehead atoms. The minimum Gasteiger partial charge on any atom is -0.389 e. The summed E-state index contributed by atoms with van der Waals surface area (Å²) in [5.41, 5.74) is 2.01. The fourth-order valence-electron chi connectivity index (χ4n) is 2.49. The maximum absolute atomic E-state index is 12.0. The zero-order valence-corrected chi connectivity index (χ0v) is 13.7. The van der Waals surface area contributed by atoms with Crippen molar-refractivity contribution in [2.24, 2.45) is 0 Å². The van der Waals surface area contributed by atoms with E-state index in [9.17, 15) is 9.90 Å². The largest absolute Gasteiger partial charge is 0.389 e. The van der Waals surface area contributed by atoms with Crippen molar-refractivity contribution in [2.75, 3.05) is 6.61 Å². The van der Waals surface area contributed by atoms with Crippen molar-refractivity contribution >= 4 is 22.6 Å². The Morgan fingerprint density at radius 2 is 1.92 bits per heavy atom. The van der Waals surface area contributed by atoms with E-state index < -0.39 is 6.10 Å². The first-order chi connectivity index (χ1) is 11.6. The van der Waals surface area contributed by atoms with Gasteiger partial charge < -0.3 is 14.4 Å². The van der Waals surface area contributed by atoms with Gasteiger partial charge in [0.25, 0.3) is 5.56 Å². The number of hydrogen-bond acceptors (Lipinski definition) is 4. The number of para-hydroxylation sites is 2. The number of halogens is 1. The molecule has 0 radical (unpaired) electrons. The fourth-order valence-corrected chi connectivity index (χ4v) is 2.68. The smallest absolute Gasteiger partial charge is 0.269 e. The van der Waals surface area contributed by atoms with E-state index in [1.54, 1.807) is 12.1 Å². The lowest BCUT2D eigenvalue weighted by Gasteiger charge is -2.15.